The number of carbonyl (C=O) groups excluding carboxylic acids is 3. The number of fused-ring (bicyclic) bond motifs is 1. The largest absolute Gasteiger partial charge is 0.493 e. The summed E-state index contributed by atoms with van der Waals surface area (Å²) < 4.78 is 35.8. The van der Waals surface area contributed by atoms with Crippen LogP contribution in [0.2, 0.25) is 0 Å². The Morgan fingerprint density at radius 1 is 0.864 bits per heavy atom. The third-order valence-corrected chi connectivity index (χ3v) is 8.06. The number of ether oxygens (including phenoxy) is 4. The van der Waals surface area contributed by atoms with E-state index in [0.29, 0.717) is 72.9 Å². The van der Waals surface area contributed by atoms with Crippen LogP contribution in [0.4, 0.5) is 9.18 Å². The zero-order chi connectivity index (χ0) is 30.7. The Morgan fingerprint density at radius 2 is 1.50 bits per heavy atom. The highest BCUT2D eigenvalue weighted by Crippen LogP contribution is 2.49. The molecule has 2 aliphatic rings. The third-order valence-electron chi connectivity index (χ3n) is 8.06. The quantitative estimate of drug-likeness (QED) is 0.214. The van der Waals surface area contributed by atoms with E-state index in [4.69, 9.17) is 18.9 Å². The van der Waals surface area contributed by atoms with Gasteiger partial charge in [-0.25, -0.2) is 9.18 Å². The molecule has 0 atom stereocenters. The first-order valence-corrected chi connectivity index (χ1v) is 14.4. The van der Waals surface area contributed by atoms with Crippen LogP contribution in [-0.4, -0.2) is 61.0 Å². The number of hydrogen-bond acceptors (Lipinski definition) is 8. The van der Waals surface area contributed by atoms with Crippen LogP contribution in [0.25, 0.3) is 10.9 Å². The number of halogens is 1. The lowest BCUT2D eigenvalue weighted by Gasteiger charge is -2.26. The molecular weight excluding hydrogens is 567 g/mol. The van der Waals surface area contributed by atoms with Gasteiger partial charge in [-0.3, -0.25) is 14.6 Å². The first-order valence-electron chi connectivity index (χ1n) is 14.4. The van der Waals surface area contributed by atoms with Crippen molar-refractivity contribution in [2.75, 3.05) is 33.4 Å². The standard InChI is InChI=1S/C34H31FN2O7/c1-41-29-20-26-27(21-30(29)44-33(40)37-14-16-42-17-15-37)36-13-10-28(26)43-25-8-4-23(5-9-25)19-32(39)34(11-12-34)31(38)18-22-2-6-24(35)7-3-22/h2-10,13,20-21H,11-12,14-19H2,1H3. The van der Waals surface area contributed by atoms with Crippen LogP contribution in [0.1, 0.15) is 24.0 Å². The van der Waals surface area contributed by atoms with Gasteiger partial charge in [0.25, 0.3) is 0 Å². The Kier molecular flexibility index (Phi) is 8.25. The van der Waals surface area contributed by atoms with E-state index in [1.165, 1.54) is 19.2 Å². The number of Topliss-reactive ketones (excluding diaryl/α,β-unsaturated/α-hetero) is 2. The lowest BCUT2D eigenvalue weighted by atomic mass is 9.88. The van der Waals surface area contributed by atoms with Gasteiger partial charge in [-0.2, -0.15) is 0 Å². The summed E-state index contributed by atoms with van der Waals surface area (Å²) in [5.74, 6) is 1.09. The van der Waals surface area contributed by atoms with E-state index >= 15 is 0 Å². The molecule has 1 saturated heterocycles. The van der Waals surface area contributed by atoms with Crippen LogP contribution in [0.3, 0.4) is 0 Å². The molecule has 9 nitrogen and oxygen atoms in total. The van der Waals surface area contributed by atoms with Crippen molar-refractivity contribution in [3.8, 4) is 23.0 Å². The maximum atomic E-state index is 13.2. The van der Waals surface area contributed by atoms with Gasteiger partial charge in [0, 0.05) is 43.6 Å². The van der Waals surface area contributed by atoms with Crippen LogP contribution < -0.4 is 14.2 Å². The Hall–Kier alpha value is -4.83. The summed E-state index contributed by atoms with van der Waals surface area (Å²) in [4.78, 5) is 44.8. The Balaban J connectivity index is 1.12. The van der Waals surface area contributed by atoms with Gasteiger partial charge >= 0.3 is 6.09 Å². The molecule has 226 valence electrons. The highest BCUT2D eigenvalue weighted by atomic mass is 19.1. The van der Waals surface area contributed by atoms with Crippen molar-refractivity contribution in [1.29, 1.82) is 0 Å². The average Bonchev–Trinajstić information content (AvgIpc) is 3.86. The van der Waals surface area contributed by atoms with Crippen molar-refractivity contribution in [1.82, 2.24) is 9.88 Å². The third kappa shape index (κ3) is 6.26. The van der Waals surface area contributed by atoms with Crippen LogP contribution >= 0.6 is 0 Å². The smallest absolute Gasteiger partial charge is 0.415 e. The molecule has 0 spiro atoms. The zero-order valence-electron chi connectivity index (χ0n) is 24.2. The molecule has 1 aliphatic carbocycles. The maximum Gasteiger partial charge on any atom is 0.415 e. The van der Waals surface area contributed by atoms with E-state index in [0.717, 1.165) is 5.56 Å². The molecule has 1 aromatic heterocycles. The number of ketones is 2. The van der Waals surface area contributed by atoms with Gasteiger partial charge in [-0.05, 0) is 60.4 Å². The summed E-state index contributed by atoms with van der Waals surface area (Å²) in [6.07, 6.45) is 2.45. The summed E-state index contributed by atoms with van der Waals surface area (Å²) in [5.41, 5.74) is 1.07. The molecule has 1 amide bonds. The Morgan fingerprint density at radius 3 is 2.11 bits per heavy atom. The van der Waals surface area contributed by atoms with Crippen LogP contribution in [0.5, 0.6) is 23.0 Å². The first-order chi connectivity index (χ1) is 21.3. The zero-order valence-corrected chi connectivity index (χ0v) is 24.2. The van der Waals surface area contributed by atoms with Crippen molar-refractivity contribution in [3.05, 3.63) is 89.9 Å². The molecule has 0 bridgehead atoms. The normalized spacial score (nSPS) is 15.5. The summed E-state index contributed by atoms with van der Waals surface area (Å²) in [5, 5.41) is 0.658. The van der Waals surface area contributed by atoms with Gasteiger partial charge < -0.3 is 23.8 Å². The average molecular weight is 599 g/mol. The van der Waals surface area contributed by atoms with Crippen molar-refractivity contribution in [2.45, 2.75) is 25.7 Å². The Bertz CT molecular complexity index is 1700. The van der Waals surface area contributed by atoms with E-state index in [-0.39, 0.29) is 36.0 Å². The minimum absolute atomic E-state index is 0.101. The predicted octanol–water partition coefficient (Wildman–Crippen LogP) is 5.71. The molecule has 0 N–H and O–H groups in total. The molecule has 2 fully saturated rings. The molecule has 1 aliphatic heterocycles. The van der Waals surface area contributed by atoms with Crippen LogP contribution in [0, 0.1) is 11.2 Å². The van der Waals surface area contributed by atoms with E-state index in [1.54, 1.807) is 65.7 Å². The van der Waals surface area contributed by atoms with E-state index in [9.17, 15) is 18.8 Å². The predicted molar refractivity (Wildman–Crippen MR) is 159 cm³/mol. The minimum Gasteiger partial charge on any atom is -0.493 e. The number of carbonyl (C=O) groups is 3. The molecule has 10 heteroatoms. The molecule has 6 rings (SSSR count). The lowest BCUT2D eigenvalue weighted by Crippen LogP contribution is -2.42. The molecule has 0 radical (unpaired) electrons. The van der Waals surface area contributed by atoms with Gasteiger partial charge in [-0.15, -0.1) is 0 Å². The second-order valence-corrected chi connectivity index (χ2v) is 11.0. The van der Waals surface area contributed by atoms with E-state index in [2.05, 4.69) is 4.98 Å². The van der Waals surface area contributed by atoms with Crippen LogP contribution in [0.15, 0.2) is 72.9 Å². The summed E-state index contributed by atoms with van der Waals surface area (Å²) in [6.45, 7) is 1.83. The monoisotopic (exact) mass is 598 g/mol. The van der Waals surface area contributed by atoms with E-state index in [1.807, 2.05) is 0 Å². The van der Waals surface area contributed by atoms with Gasteiger partial charge in [-0.1, -0.05) is 24.3 Å². The summed E-state index contributed by atoms with van der Waals surface area (Å²) >= 11 is 0. The number of nitrogens with zero attached hydrogens (tertiary/aromatic N) is 2. The molecule has 1 saturated carbocycles. The van der Waals surface area contributed by atoms with Crippen LogP contribution in [-0.2, 0) is 27.2 Å². The molecule has 3 aromatic carbocycles. The maximum absolute atomic E-state index is 13.2. The Labute approximate surface area is 253 Å². The van der Waals surface area contributed by atoms with E-state index < -0.39 is 11.5 Å². The molecule has 2 heterocycles. The number of rotatable bonds is 10. The number of pyridine rings is 1. The fraction of sp³-hybridized carbons (Fsp3) is 0.294. The molecule has 0 unspecified atom stereocenters. The lowest BCUT2D eigenvalue weighted by molar-refractivity contribution is -0.133. The van der Waals surface area contributed by atoms with Crippen molar-refractivity contribution in [3.63, 3.8) is 0 Å². The van der Waals surface area contributed by atoms with Gasteiger partial charge in [0.05, 0.1) is 31.3 Å². The number of methoxy groups -OCH3 is 1. The minimum atomic E-state index is -0.950. The van der Waals surface area contributed by atoms with Crippen molar-refractivity contribution < 1.29 is 37.7 Å². The molecular formula is C34H31FN2O7. The molecule has 4 aromatic rings. The summed E-state index contributed by atoms with van der Waals surface area (Å²) in [7, 11) is 1.49. The van der Waals surface area contributed by atoms with Gasteiger partial charge in [0.15, 0.2) is 23.1 Å². The second kappa shape index (κ2) is 12.4. The van der Waals surface area contributed by atoms with Gasteiger partial charge in [0.2, 0.25) is 0 Å². The number of morpholine rings is 1. The SMILES string of the molecule is COc1cc2c(Oc3ccc(CC(=O)C4(C(=O)Cc5ccc(F)cc5)CC4)cc3)ccnc2cc1OC(=O)N1CCOCC1. The second-order valence-electron chi connectivity index (χ2n) is 11.0. The number of hydrogen-bond donors (Lipinski definition) is 0. The topological polar surface area (TPSA) is 104 Å². The van der Waals surface area contributed by atoms with Crippen molar-refractivity contribution in [2.24, 2.45) is 5.41 Å². The fourth-order valence-electron chi connectivity index (χ4n) is 5.31. The first kappa shape index (κ1) is 29.3. The fourth-order valence-corrected chi connectivity index (χ4v) is 5.31. The number of benzene rings is 3. The summed E-state index contributed by atoms with van der Waals surface area (Å²) in [6, 6.07) is 18.0. The number of aromatic nitrogens is 1. The van der Waals surface area contributed by atoms with Crippen molar-refractivity contribution >= 4 is 28.6 Å². The van der Waals surface area contributed by atoms with Gasteiger partial charge in [0.1, 0.15) is 17.3 Å². The highest BCUT2D eigenvalue weighted by Gasteiger charge is 2.54. The highest BCUT2D eigenvalue weighted by molar-refractivity contribution is 6.11. The number of amides is 1. The molecule has 44 heavy (non-hydrogen) atoms.